The normalized spacial score (nSPS) is 21.4. The standard InChI is InChI=1S/C19H31N5O2S/c1-16(17-7-5-8-18(15-17)23-10-3-4-11-23)22-19(20-2)21-9-13-24-12-6-14-27(24,25)26/h5,7-8,15-16H,3-4,6,9-14H2,1-2H3,(H2,20,21,22). The van der Waals surface area contributed by atoms with Crippen LogP contribution in [0, 0.1) is 0 Å². The van der Waals surface area contributed by atoms with Crippen molar-refractivity contribution in [2.75, 3.05) is 50.4 Å². The molecule has 2 heterocycles. The highest BCUT2D eigenvalue weighted by Gasteiger charge is 2.27. The van der Waals surface area contributed by atoms with E-state index in [4.69, 9.17) is 0 Å². The van der Waals surface area contributed by atoms with Crippen LogP contribution in [0.1, 0.15) is 37.8 Å². The minimum absolute atomic E-state index is 0.106. The number of anilines is 1. The molecule has 0 aliphatic carbocycles. The van der Waals surface area contributed by atoms with E-state index in [0.29, 0.717) is 25.6 Å². The predicted octanol–water partition coefficient (Wildman–Crippen LogP) is 1.55. The molecule has 2 aliphatic rings. The zero-order chi connectivity index (χ0) is 19.3. The van der Waals surface area contributed by atoms with Crippen molar-refractivity contribution in [1.82, 2.24) is 14.9 Å². The van der Waals surface area contributed by atoms with Gasteiger partial charge in [0.15, 0.2) is 5.96 Å². The molecular formula is C19H31N5O2S. The second-order valence-corrected chi connectivity index (χ2v) is 9.31. The average molecular weight is 394 g/mol. The van der Waals surface area contributed by atoms with E-state index in [-0.39, 0.29) is 11.8 Å². The maximum atomic E-state index is 11.9. The van der Waals surface area contributed by atoms with Crippen molar-refractivity contribution in [3.05, 3.63) is 29.8 Å². The summed E-state index contributed by atoms with van der Waals surface area (Å²) in [4.78, 5) is 6.70. The van der Waals surface area contributed by atoms with E-state index in [1.807, 2.05) is 0 Å². The SMILES string of the molecule is CN=C(NCCN1CCCS1(=O)=O)NC(C)c1cccc(N2CCCC2)c1. The second-order valence-electron chi connectivity index (χ2n) is 7.22. The highest BCUT2D eigenvalue weighted by atomic mass is 32.2. The smallest absolute Gasteiger partial charge is 0.214 e. The summed E-state index contributed by atoms with van der Waals surface area (Å²) in [5.74, 6) is 0.954. The van der Waals surface area contributed by atoms with Gasteiger partial charge in [0.05, 0.1) is 11.8 Å². The molecule has 27 heavy (non-hydrogen) atoms. The van der Waals surface area contributed by atoms with Crippen LogP contribution < -0.4 is 15.5 Å². The Morgan fingerprint density at radius 1 is 1.22 bits per heavy atom. The number of nitrogens with one attached hydrogen (secondary N) is 2. The molecular weight excluding hydrogens is 362 g/mol. The predicted molar refractivity (Wildman–Crippen MR) is 111 cm³/mol. The number of nitrogens with zero attached hydrogens (tertiary/aromatic N) is 3. The van der Waals surface area contributed by atoms with Crippen LogP contribution in [0.15, 0.2) is 29.3 Å². The Kier molecular flexibility index (Phi) is 6.59. The third-order valence-corrected chi connectivity index (χ3v) is 7.23. The molecule has 1 aromatic carbocycles. The van der Waals surface area contributed by atoms with Gasteiger partial charge in [0.1, 0.15) is 0 Å². The molecule has 2 fully saturated rings. The van der Waals surface area contributed by atoms with Gasteiger partial charge in [-0.05, 0) is 43.9 Å². The van der Waals surface area contributed by atoms with Crippen LogP contribution in [-0.2, 0) is 10.0 Å². The number of aliphatic imine (C=N–C) groups is 1. The second kappa shape index (κ2) is 8.93. The molecule has 2 aliphatic heterocycles. The van der Waals surface area contributed by atoms with Crippen LogP contribution >= 0.6 is 0 Å². The number of rotatable bonds is 6. The van der Waals surface area contributed by atoms with Crippen molar-refractivity contribution in [2.45, 2.75) is 32.2 Å². The Balaban J connectivity index is 1.52. The molecule has 7 nitrogen and oxygen atoms in total. The van der Waals surface area contributed by atoms with Gasteiger partial charge in [0.2, 0.25) is 10.0 Å². The van der Waals surface area contributed by atoms with E-state index >= 15 is 0 Å². The first-order valence-corrected chi connectivity index (χ1v) is 11.4. The summed E-state index contributed by atoms with van der Waals surface area (Å²) in [6.07, 6.45) is 3.25. The van der Waals surface area contributed by atoms with Crippen LogP contribution in [0.3, 0.4) is 0 Å². The highest BCUT2D eigenvalue weighted by molar-refractivity contribution is 7.89. The van der Waals surface area contributed by atoms with Gasteiger partial charge in [-0.15, -0.1) is 0 Å². The average Bonchev–Trinajstić information content (AvgIpc) is 3.31. The van der Waals surface area contributed by atoms with E-state index in [1.54, 1.807) is 11.4 Å². The van der Waals surface area contributed by atoms with Crippen molar-refractivity contribution >= 4 is 21.7 Å². The summed E-state index contributed by atoms with van der Waals surface area (Å²) in [6.45, 7) is 6.01. The molecule has 2 saturated heterocycles. The Labute approximate surface area is 162 Å². The molecule has 150 valence electrons. The van der Waals surface area contributed by atoms with Gasteiger partial charge in [-0.1, -0.05) is 12.1 Å². The van der Waals surface area contributed by atoms with Gasteiger partial charge in [0, 0.05) is 45.5 Å². The summed E-state index contributed by atoms with van der Waals surface area (Å²) in [5.41, 5.74) is 2.49. The van der Waals surface area contributed by atoms with Crippen LogP contribution in [-0.4, -0.2) is 64.2 Å². The van der Waals surface area contributed by atoms with E-state index in [1.165, 1.54) is 24.1 Å². The van der Waals surface area contributed by atoms with Gasteiger partial charge in [-0.25, -0.2) is 12.7 Å². The molecule has 0 bridgehead atoms. The summed E-state index contributed by atoms with van der Waals surface area (Å²) in [7, 11) is -1.31. The third kappa shape index (κ3) is 5.13. The molecule has 0 aromatic heterocycles. The van der Waals surface area contributed by atoms with Crippen molar-refractivity contribution in [3.8, 4) is 0 Å². The lowest BCUT2D eigenvalue weighted by molar-refractivity contribution is 0.444. The fourth-order valence-electron chi connectivity index (χ4n) is 3.69. The van der Waals surface area contributed by atoms with Gasteiger partial charge in [-0.2, -0.15) is 0 Å². The lowest BCUT2D eigenvalue weighted by Gasteiger charge is -2.22. The number of hydrogen-bond acceptors (Lipinski definition) is 4. The lowest BCUT2D eigenvalue weighted by Crippen LogP contribution is -2.42. The van der Waals surface area contributed by atoms with Crippen molar-refractivity contribution < 1.29 is 8.42 Å². The lowest BCUT2D eigenvalue weighted by atomic mass is 10.1. The van der Waals surface area contributed by atoms with Crippen LogP contribution in [0.25, 0.3) is 0 Å². The molecule has 0 spiro atoms. The van der Waals surface area contributed by atoms with Gasteiger partial charge in [-0.3, -0.25) is 4.99 Å². The molecule has 1 atom stereocenters. The first kappa shape index (κ1) is 19.9. The Morgan fingerprint density at radius 2 is 2.00 bits per heavy atom. The van der Waals surface area contributed by atoms with Crippen molar-refractivity contribution in [2.24, 2.45) is 4.99 Å². The summed E-state index contributed by atoms with van der Waals surface area (Å²) in [5, 5.41) is 6.63. The largest absolute Gasteiger partial charge is 0.372 e. The van der Waals surface area contributed by atoms with E-state index in [2.05, 4.69) is 51.7 Å². The maximum Gasteiger partial charge on any atom is 0.214 e. The fraction of sp³-hybridized carbons (Fsp3) is 0.632. The summed E-state index contributed by atoms with van der Waals surface area (Å²) < 4.78 is 25.3. The number of guanidine groups is 1. The Bertz CT molecular complexity index is 759. The Hall–Kier alpha value is -1.80. The fourth-order valence-corrected chi connectivity index (χ4v) is 5.22. The zero-order valence-electron chi connectivity index (χ0n) is 16.3. The van der Waals surface area contributed by atoms with Gasteiger partial charge >= 0.3 is 0 Å². The van der Waals surface area contributed by atoms with Gasteiger partial charge in [0.25, 0.3) is 0 Å². The minimum Gasteiger partial charge on any atom is -0.372 e. The molecule has 3 rings (SSSR count). The molecule has 8 heteroatoms. The van der Waals surface area contributed by atoms with Crippen LogP contribution in [0.5, 0.6) is 0 Å². The Morgan fingerprint density at radius 3 is 2.67 bits per heavy atom. The van der Waals surface area contributed by atoms with Crippen molar-refractivity contribution in [1.29, 1.82) is 0 Å². The number of sulfonamides is 1. The quantitative estimate of drug-likeness (QED) is 0.566. The third-order valence-electron chi connectivity index (χ3n) is 5.28. The summed E-state index contributed by atoms with van der Waals surface area (Å²) >= 11 is 0. The van der Waals surface area contributed by atoms with E-state index in [9.17, 15) is 8.42 Å². The van der Waals surface area contributed by atoms with E-state index in [0.717, 1.165) is 19.5 Å². The highest BCUT2D eigenvalue weighted by Crippen LogP contribution is 2.23. The van der Waals surface area contributed by atoms with Crippen molar-refractivity contribution in [3.63, 3.8) is 0 Å². The monoisotopic (exact) mass is 393 g/mol. The molecule has 1 unspecified atom stereocenters. The van der Waals surface area contributed by atoms with Crippen LogP contribution in [0.2, 0.25) is 0 Å². The molecule has 0 radical (unpaired) electrons. The van der Waals surface area contributed by atoms with Crippen LogP contribution in [0.4, 0.5) is 5.69 Å². The topological polar surface area (TPSA) is 77.0 Å². The maximum absolute atomic E-state index is 11.9. The number of benzene rings is 1. The van der Waals surface area contributed by atoms with Gasteiger partial charge < -0.3 is 15.5 Å². The first-order chi connectivity index (χ1) is 13.0. The molecule has 0 saturated carbocycles. The summed E-state index contributed by atoms with van der Waals surface area (Å²) in [6, 6.07) is 8.75. The first-order valence-electron chi connectivity index (χ1n) is 9.79. The van der Waals surface area contributed by atoms with E-state index < -0.39 is 10.0 Å². The molecule has 1 aromatic rings. The zero-order valence-corrected chi connectivity index (χ0v) is 17.1. The molecule has 0 amide bonds. The minimum atomic E-state index is -3.04. The number of hydrogen-bond donors (Lipinski definition) is 2. The molecule has 2 N–H and O–H groups in total.